The van der Waals surface area contributed by atoms with Crippen LogP contribution in [0.3, 0.4) is 0 Å². The number of amides is 1. The minimum absolute atomic E-state index is 0.0487. The van der Waals surface area contributed by atoms with Crippen LogP contribution in [0.4, 0.5) is 5.82 Å². The molecule has 0 aliphatic carbocycles. The van der Waals surface area contributed by atoms with Gasteiger partial charge in [-0.05, 0) is 43.0 Å². The zero-order valence-electron chi connectivity index (χ0n) is 17.9. The first-order valence-electron chi connectivity index (χ1n) is 9.89. The van der Waals surface area contributed by atoms with Crippen molar-refractivity contribution in [2.45, 2.75) is 33.7 Å². The minimum atomic E-state index is -0.399. The first-order valence-corrected chi connectivity index (χ1v) is 11.1. The summed E-state index contributed by atoms with van der Waals surface area (Å²) in [6.45, 7) is 6.83. The highest BCUT2D eigenvalue weighted by atomic mass is 32.2. The highest BCUT2D eigenvalue weighted by Gasteiger charge is 2.32. The van der Waals surface area contributed by atoms with E-state index in [4.69, 9.17) is 16.6 Å². The fraction of sp³-hybridized carbons (Fsp3) is 0.364. The van der Waals surface area contributed by atoms with Gasteiger partial charge in [0.05, 0.1) is 17.7 Å². The number of thiocarbonyl (C=S) groups is 1. The average Bonchev–Trinajstić information content (AvgIpc) is 3.33. The maximum atomic E-state index is 13.0. The first-order chi connectivity index (χ1) is 14.7. The second kappa shape index (κ2) is 9.54. The van der Waals surface area contributed by atoms with Crippen molar-refractivity contribution in [2.75, 3.05) is 11.9 Å². The number of carbonyl (C=O) groups is 1. The van der Waals surface area contributed by atoms with Crippen molar-refractivity contribution < 1.29 is 9.21 Å². The normalized spacial score (nSPS) is 15.2. The molecule has 1 aliphatic rings. The van der Waals surface area contributed by atoms with Crippen LogP contribution in [0.25, 0.3) is 6.08 Å². The fourth-order valence-electron chi connectivity index (χ4n) is 3.24. The van der Waals surface area contributed by atoms with Gasteiger partial charge >= 0.3 is 0 Å². The Balaban J connectivity index is 2.04. The van der Waals surface area contributed by atoms with E-state index >= 15 is 0 Å². The molecule has 0 spiro atoms. The lowest BCUT2D eigenvalue weighted by Gasteiger charge is -2.17. The lowest BCUT2D eigenvalue weighted by atomic mass is 10.0. The number of nitrogens with one attached hydrogen (secondary N) is 1. The zero-order chi connectivity index (χ0) is 22.7. The summed E-state index contributed by atoms with van der Waals surface area (Å²) < 4.78 is 7.27. The van der Waals surface area contributed by atoms with Crippen molar-refractivity contribution in [3.8, 4) is 6.07 Å². The van der Waals surface area contributed by atoms with Crippen LogP contribution < -0.4 is 10.9 Å². The lowest BCUT2D eigenvalue weighted by Crippen LogP contribution is -2.29. The van der Waals surface area contributed by atoms with Crippen LogP contribution >= 0.6 is 24.0 Å². The molecule has 3 heterocycles. The molecule has 1 N–H and O–H groups in total. The molecule has 7 nitrogen and oxygen atoms in total. The summed E-state index contributed by atoms with van der Waals surface area (Å²) >= 11 is 6.66. The predicted molar refractivity (Wildman–Crippen MR) is 127 cm³/mol. The van der Waals surface area contributed by atoms with Gasteiger partial charge in [0.15, 0.2) is 0 Å². The van der Waals surface area contributed by atoms with Crippen LogP contribution in [0.15, 0.2) is 32.5 Å². The van der Waals surface area contributed by atoms with Crippen molar-refractivity contribution >= 4 is 46.1 Å². The van der Waals surface area contributed by atoms with Crippen LogP contribution in [0.1, 0.15) is 42.7 Å². The van der Waals surface area contributed by atoms with Crippen molar-refractivity contribution in [1.82, 2.24) is 9.47 Å². The molecule has 0 bridgehead atoms. The number of hydrogen-bond acceptors (Lipinski definition) is 7. The highest BCUT2D eigenvalue weighted by Crippen LogP contribution is 2.35. The number of anilines is 1. The molecule has 1 aliphatic heterocycles. The van der Waals surface area contributed by atoms with Gasteiger partial charge in [0.2, 0.25) is 0 Å². The van der Waals surface area contributed by atoms with Crippen molar-refractivity contribution in [3.05, 3.63) is 56.1 Å². The summed E-state index contributed by atoms with van der Waals surface area (Å²) in [4.78, 5) is 27.7. The van der Waals surface area contributed by atoms with Crippen LogP contribution in [0.5, 0.6) is 0 Å². The summed E-state index contributed by atoms with van der Waals surface area (Å²) in [6.07, 6.45) is 4.14. The van der Waals surface area contributed by atoms with Gasteiger partial charge in [-0.3, -0.25) is 19.1 Å². The standard InChI is InChI=1S/C22H24N4O3S2/c1-13(2)7-8-26-21(28)18(31-22(26)30)10-16-14(3)17(11-23)20(27)25(4)19(16)24-12-15-6-5-9-29-15/h5-6,9-10,13,24H,7-8,12H2,1-4H3/b18-10-. The maximum Gasteiger partial charge on any atom is 0.270 e. The zero-order valence-corrected chi connectivity index (χ0v) is 19.5. The van der Waals surface area contributed by atoms with Gasteiger partial charge < -0.3 is 9.73 Å². The van der Waals surface area contributed by atoms with E-state index < -0.39 is 5.56 Å². The van der Waals surface area contributed by atoms with Crippen molar-refractivity contribution in [1.29, 1.82) is 5.26 Å². The molecule has 31 heavy (non-hydrogen) atoms. The largest absolute Gasteiger partial charge is 0.467 e. The number of hydrogen-bond donors (Lipinski definition) is 1. The Morgan fingerprint density at radius 1 is 1.39 bits per heavy atom. The molecular weight excluding hydrogens is 432 g/mol. The topological polar surface area (TPSA) is 91.3 Å². The molecular formula is C22H24N4O3S2. The van der Waals surface area contributed by atoms with Crippen molar-refractivity contribution in [3.63, 3.8) is 0 Å². The van der Waals surface area contributed by atoms with Crippen LogP contribution in [-0.2, 0) is 18.4 Å². The van der Waals surface area contributed by atoms with Crippen molar-refractivity contribution in [2.24, 2.45) is 13.0 Å². The maximum absolute atomic E-state index is 13.0. The number of furan rings is 1. The summed E-state index contributed by atoms with van der Waals surface area (Å²) in [7, 11) is 1.60. The predicted octanol–water partition coefficient (Wildman–Crippen LogP) is 4.02. The Kier molecular flexibility index (Phi) is 7.03. The number of aromatic nitrogens is 1. The Bertz CT molecular complexity index is 1140. The van der Waals surface area contributed by atoms with Gasteiger partial charge in [0.25, 0.3) is 11.5 Å². The molecule has 0 aromatic carbocycles. The fourth-order valence-corrected chi connectivity index (χ4v) is 4.53. The molecule has 0 saturated carbocycles. The second-order valence-corrected chi connectivity index (χ2v) is 9.36. The Morgan fingerprint density at radius 2 is 2.13 bits per heavy atom. The van der Waals surface area contributed by atoms with E-state index in [0.29, 0.717) is 50.9 Å². The second-order valence-electron chi connectivity index (χ2n) is 7.69. The van der Waals surface area contributed by atoms with E-state index in [1.807, 2.05) is 12.1 Å². The highest BCUT2D eigenvalue weighted by molar-refractivity contribution is 8.26. The molecule has 1 fully saturated rings. The summed E-state index contributed by atoms with van der Waals surface area (Å²) in [5.41, 5.74) is 0.769. The third-order valence-corrected chi connectivity index (χ3v) is 6.47. The molecule has 9 heteroatoms. The molecule has 3 rings (SSSR count). The number of nitriles is 1. The van der Waals surface area contributed by atoms with E-state index in [1.165, 1.54) is 16.3 Å². The van der Waals surface area contributed by atoms with Gasteiger partial charge in [-0.15, -0.1) is 0 Å². The molecule has 0 radical (unpaired) electrons. The van der Waals surface area contributed by atoms with Gasteiger partial charge in [-0.25, -0.2) is 0 Å². The quantitative estimate of drug-likeness (QED) is 0.497. The number of pyridine rings is 1. The van der Waals surface area contributed by atoms with Gasteiger partial charge in [-0.2, -0.15) is 5.26 Å². The van der Waals surface area contributed by atoms with Gasteiger partial charge in [0, 0.05) is 19.2 Å². The lowest BCUT2D eigenvalue weighted by molar-refractivity contribution is -0.122. The van der Waals surface area contributed by atoms with E-state index in [9.17, 15) is 14.9 Å². The molecule has 2 aromatic rings. The first kappa shape index (κ1) is 22.8. The van der Waals surface area contributed by atoms with Crippen LogP contribution in [0, 0.1) is 24.2 Å². The Labute approximate surface area is 190 Å². The average molecular weight is 457 g/mol. The Morgan fingerprint density at radius 3 is 2.74 bits per heavy atom. The molecule has 0 atom stereocenters. The molecule has 0 unspecified atom stereocenters. The molecule has 1 amide bonds. The SMILES string of the molecule is Cc1c(/C=C2\SC(=S)N(CCC(C)C)C2=O)c(NCc2ccco2)n(C)c(=O)c1C#N. The smallest absolute Gasteiger partial charge is 0.270 e. The van der Waals surface area contributed by atoms with E-state index in [1.54, 1.807) is 37.3 Å². The molecule has 162 valence electrons. The van der Waals surface area contributed by atoms with Gasteiger partial charge in [0.1, 0.15) is 27.5 Å². The number of carbonyl (C=O) groups excluding carboxylic acids is 1. The van der Waals surface area contributed by atoms with E-state index in [2.05, 4.69) is 19.2 Å². The number of rotatable bonds is 7. The molecule has 2 aromatic heterocycles. The monoisotopic (exact) mass is 456 g/mol. The minimum Gasteiger partial charge on any atom is -0.467 e. The third kappa shape index (κ3) is 4.75. The van der Waals surface area contributed by atoms with E-state index in [0.717, 1.165) is 6.42 Å². The number of thioether (sulfide) groups is 1. The summed E-state index contributed by atoms with van der Waals surface area (Å²) in [5.74, 6) is 1.50. The van der Waals surface area contributed by atoms with Crippen LogP contribution in [0.2, 0.25) is 0 Å². The molecule has 1 saturated heterocycles. The Hall–Kier alpha value is -2.83. The van der Waals surface area contributed by atoms with Crippen LogP contribution in [-0.4, -0.2) is 26.2 Å². The summed E-state index contributed by atoms with van der Waals surface area (Å²) in [6, 6.07) is 5.59. The van der Waals surface area contributed by atoms with Gasteiger partial charge in [-0.1, -0.05) is 37.8 Å². The third-order valence-electron chi connectivity index (χ3n) is 5.09. The summed E-state index contributed by atoms with van der Waals surface area (Å²) in [5, 5.41) is 12.7. The number of nitrogens with zero attached hydrogens (tertiary/aromatic N) is 3. The van der Waals surface area contributed by atoms with E-state index in [-0.39, 0.29) is 11.5 Å².